The van der Waals surface area contributed by atoms with Crippen LogP contribution in [0.25, 0.3) is 11.5 Å². The van der Waals surface area contributed by atoms with Gasteiger partial charge in [0.25, 0.3) is 5.56 Å². The highest BCUT2D eigenvalue weighted by atomic mass is 16.4. The minimum Gasteiger partial charge on any atom is -0.441 e. The third-order valence-electron chi connectivity index (χ3n) is 5.14. The summed E-state index contributed by atoms with van der Waals surface area (Å²) >= 11 is 0. The van der Waals surface area contributed by atoms with Crippen molar-refractivity contribution in [1.82, 2.24) is 19.9 Å². The van der Waals surface area contributed by atoms with E-state index in [-0.39, 0.29) is 11.0 Å². The third-order valence-corrected chi connectivity index (χ3v) is 5.14. The lowest BCUT2D eigenvalue weighted by Crippen LogP contribution is -2.37. The summed E-state index contributed by atoms with van der Waals surface area (Å²) in [5.74, 6) is 2.21. The van der Waals surface area contributed by atoms with Gasteiger partial charge in [0.15, 0.2) is 0 Å². The molecule has 0 aliphatic carbocycles. The molecular weight excluding hydrogens is 352 g/mol. The van der Waals surface area contributed by atoms with Crippen molar-refractivity contribution < 1.29 is 4.42 Å². The van der Waals surface area contributed by atoms with Gasteiger partial charge >= 0.3 is 0 Å². The Morgan fingerprint density at radius 2 is 1.93 bits per heavy atom. The van der Waals surface area contributed by atoms with Crippen molar-refractivity contribution in [3.63, 3.8) is 0 Å². The van der Waals surface area contributed by atoms with Crippen LogP contribution in [0, 0.1) is 6.92 Å². The van der Waals surface area contributed by atoms with Crippen molar-refractivity contribution in [2.45, 2.75) is 52.6 Å². The van der Waals surface area contributed by atoms with Gasteiger partial charge in [0.05, 0.1) is 17.0 Å². The van der Waals surface area contributed by atoms with Crippen LogP contribution in [0.15, 0.2) is 39.5 Å². The topological polar surface area (TPSA) is 75.0 Å². The molecule has 0 fully saturated rings. The van der Waals surface area contributed by atoms with E-state index >= 15 is 0 Å². The van der Waals surface area contributed by atoms with E-state index in [9.17, 15) is 4.79 Å². The van der Waals surface area contributed by atoms with Crippen molar-refractivity contribution >= 4 is 0 Å². The van der Waals surface area contributed by atoms with E-state index in [1.54, 1.807) is 0 Å². The number of aryl methyl sites for hydroxylation is 1. The van der Waals surface area contributed by atoms with Gasteiger partial charge < -0.3 is 9.40 Å². The van der Waals surface area contributed by atoms with Gasteiger partial charge in [0.1, 0.15) is 11.6 Å². The summed E-state index contributed by atoms with van der Waals surface area (Å²) in [6, 6.07) is 9.90. The van der Waals surface area contributed by atoms with Crippen LogP contribution in [0.5, 0.6) is 0 Å². The second-order valence-electron chi connectivity index (χ2n) is 8.44. The van der Waals surface area contributed by atoms with E-state index in [2.05, 4.69) is 35.6 Å². The molecule has 0 radical (unpaired) electrons. The van der Waals surface area contributed by atoms with E-state index < -0.39 is 0 Å². The zero-order valence-corrected chi connectivity index (χ0v) is 16.9. The molecule has 6 heteroatoms. The van der Waals surface area contributed by atoms with E-state index in [1.165, 1.54) is 0 Å². The standard InChI is InChI=1S/C22H26N4O2/c1-14-18(23-20(28-14)15-8-6-5-7-9-15)13-26-11-10-17-16(12-26)19(27)25-21(24-17)22(2,3)4/h5-9H,10-13H2,1-4H3,(H,24,25,27). The predicted molar refractivity (Wildman–Crippen MR) is 108 cm³/mol. The van der Waals surface area contributed by atoms with E-state index in [0.29, 0.717) is 19.0 Å². The Bertz CT molecular complexity index is 1040. The summed E-state index contributed by atoms with van der Waals surface area (Å²) in [5.41, 5.74) is 3.38. The average Bonchev–Trinajstić information content (AvgIpc) is 3.02. The third kappa shape index (κ3) is 3.64. The minimum atomic E-state index is -0.170. The Hall–Kier alpha value is -2.73. The summed E-state index contributed by atoms with van der Waals surface area (Å²) in [6.45, 7) is 10.2. The lowest BCUT2D eigenvalue weighted by atomic mass is 9.95. The molecule has 0 saturated carbocycles. The number of rotatable bonds is 3. The fourth-order valence-corrected chi connectivity index (χ4v) is 3.46. The Labute approximate surface area is 164 Å². The van der Waals surface area contributed by atoms with Crippen molar-refractivity contribution in [1.29, 1.82) is 0 Å². The van der Waals surface area contributed by atoms with Gasteiger partial charge in [0, 0.05) is 37.0 Å². The van der Waals surface area contributed by atoms with Gasteiger partial charge in [-0.3, -0.25) is 9.69 Å². The van der Waals surface area contributed by atoms with Gasteiger partial charge in [-0.1, -0.05) is 39.0 Å². The second kappa shape index (κ2) is 7.02. The van der Waals surface area contributed by atoms with Crippen LogP contribution in [0.3, 0.4) is 0 Å². The van der Waals surface area contributed by atoms with Crippen LogP contribution in [0.2, 0.25) is 0 Å². The highest BCUT2D eigenvalue weighted by molar-refractivity contribution is 5.53. The monoisotopic (exact) mass is 378 g/mol. The molecule has 0 amide bonds. The fraction of sp³-hybridized carbons (Fsp3) is 0.409. The molecule has 146 valence electrons. The molecule has 0 unspecified atom stereocenters. The molecule has 4 rings (SSSR count). The van der Waals surface area contributed by atoms with E-state index in [0.717, 1.165) is 47.1 Å². The van der Waals surface area contributed by atoms with Crippen LogP contribution in [0.4, 0.5) is 0 Å². The predicted octanol–water partition coefficient (Wildman–Crippen LogP) is 3.59. The molecule has 1 aromatic carbocycles. The molecular formula is C22H26N4O2. The Kier molecular flexibility index (Phi) is 4.67. The molecule has 3 heterocycles. The van der Waals surface area contributed by atoms with E-state index in [4.69, 9.17) is 9.40 Å². The normalized spacial score (nSPS) is 14.9. The SMILES string of the molecule is Cc1oc(-c2ccccc2)nc1CN1CCc2nc(C(C)(C)C)[nH]c(=O)c2C1. The Morgan fingerprint density at radius 3 is 2.64 bits per heavy atom. The average molecular weight is 378 g/mol. The van der Waals surface area contributed by atoms with Crippen molar-refractivity contribution in [2.75, 3.05) is 6.54 Å². The maximum absolute atomic E-state index is 12.6. The largest absolute Gasteiger partial charge is 0.441 e. The maximum atomic E-state index is 12.6. The summed E-state index contributed by atoms with van der Waals surface area (Å²) < 4.78 is 5.87. The first-order valence-corrected chi connectivity index (χ1v) is 9.68. The number of oxazole rings is 1. The Morgan fingerprint density at radius 1 is 1.18 bits per heavy atom. The van der Waals surface area contributed by atoms with Crippen molar-refractivity contribution in [3.8, 4) is 11.5 Å². The van der Waals surface area contributed by atoms with Gasteiger partial charge in [-0.05, 0) is 19.1 Å². The highest BCUT2D eigenvalue weighted by Crippen LogP contribution is 2.24. The van der Waals surface area contributed by atoms with Crippen LogP contribution in [-0.4, -0.2) is 26.4 Å². The molecule has 0 saturated heterocycles. The van der Waals surface area contributed by atoms with E-state index in [1.807, 2.05) is 37.3 Å². The molecule has 3 aromatic rings. The Balaban J connectivity index is 1.55. The van der Waals surface area contributed by atoms with Crippen LogP contribution >= 0.6 is 0 Å². The number of H-pyrrole nitrogens is 1. The zero-order chi connectivity index (χ0) is 19.9. The number of nitrogens with zero attached hydrogens (tertiary/aromatic N) is 3. The molecule has 28 heavy (non-hydrogen) atoms. The zero-order valence-electron chi connectivity index (χ0n) is 16.9. The van der Waals surface area contributed by atoms with Crippen LogP contribution in [0.1, 0.15) is 49.3 Å². The first-order valence-electron chi connectivity index (χ1n) is 9.68. The molecule has 1 N–H and O–H groups in total. The van der Waals surface area contributed by atoms with Crippen molar-refractivity contribution in [2.24, 2.45) is 0 Å². The summed E-state index contributed by atoms with van der Waals surface area (Å²) in [7, 11) is 0. The number of aromatic amines is 1. The lowest BCUT2D eigenvalue weighted by molar-refractivity contribution is 0.237. The number of hydrogen-bond acceptors (Lipinski definition) is 5. The number of fused-ring (bicyclic) bond motifs is 1. The van der Waals surface area contributed by atoms with Gasteiger partial charge in [-0.15, -0.1) is 0 Å². The number of benzene rings is 1. The lowest BCUT2D eigenvalue weighted by Gasteiger charge is -2.28. The van der Waals surface area contributed by atoms with Gasteiger partial charge in [-0.25, -0.2) is 9.97 Å². The fourth-order valence-electron chi connectivity index (χ4n) is 3.46. The molecule has 0 bridgehead atoms. The summed E-state index contributed by atoms with van der Waals surface area (Å²) in [6.07, 6.45) is 0.769. The van der Waals surface area contributed by atoms with Gasteiger partial charge in [0.2, 0.25) is 5.89 Å². The minimum absolute atomic E-state index is 0.0264. The molecule has 6 nitrogen and oxygen atoms in total. The number of hydrogen-bond donors (Lipinski definition) is 1. The smallest absolute Gasteiger partial charge is 0.255 e. The second-order valence-corrected chi connectivity index (χ2v) is 8.44. The quantitative estimate of drug-likeness (QED) is 0.754. The molecule has 0 spiro atoms. The maximum Gasteiger partial charge on any atom is 0.255 e. The first-order chi connectivity index (χ1) is 13.3. The number of aromatic nitrogens is 3. The molecule has 1 aliphatic rings. The molecule has 1 aliphatic heterocycles. The van der Waals surface area contributed by atoms with Crippen molar-refractivity contribution in [3.05, 3.63) is 69.2 Å². The van der Waals surface area contributed by atoms with Gasteiger partial charge in [-0.2, -0.15) is 0 Å². The summed E-state index contributed by atoms with van der Waals surface area (Å²) in [4.78, 5) is 27.3. The molecule has 0 atom stereocenters. The van der Waals surface area contributed by atoms with Crippen LogP contribution < -0.4 is 5.56 Å². The number of nitrogens with one attached hydrogen (secondary N) is 1. The van der Waals surface area contributed by atoms with Crippen LogP contribution in [-0.2, 0) is 24.9 Å². The molecule has 2 aromatic heterocycles. The summed E-state index contributed by atoms with van der Waals surface area (Å²) in [5, 5.41) is 0. The first kappa shape index (κ1) is 18.6. The highest BCUT2D eigenvalue weighted by Gasteiger charge is 2.25.